The van der Waals surface area contributed by atoms with Crippen LogP contribution in [-0.4, -0.2) is 25.5 Å². The molecule has 1 heterocycles. The Morgan fingerprint density at radius 3 is 2.45 bits per heavy atom. The molecule has 0 bridgehead atoms. The number of rotatable bonds is 4. The van der Waals surface area contributed by atoms with Crippen molar-refractivity contribution in [3.05, 3.63) is 41.4 Å². The molecule has 0 atom stereocenters. The summed E-state index contributed by atoms with van der Waals surface area (Å²) in [5.74, 6) is 0.653. The molecule has 0 aliphatic heterocycles. The summed E-state index contributed by atoms with van der Waals surface area (Å²) in [6.07, 6.45) is 2.30. The molecule has 1 aromatic carbocycles. The van der Waals surface area contributed by atoms with Gasteiger partial charge in [-0.2, -0.15) is 0 Å². The number of halogens is 1. The van der Waals surface area contributed by atoms with Gasteiger partial charge in [0.25, 0.3) is 10.0 Å². The third kappa shape index (κ3) is 3.17. The number of methoxy groups -OCH3 is 1. The second kappa shape index (κ2) is 5.64. The zero-order valence-electron chi connectivity index (χ0n) is 10.8. The number of sulfonamides is 1. The van der Waals surface area contributed by atoms with Crippen molar-refractivity contribution in [1.82, 2.24) is 9.97 Å². The highest BCUT2D eigenvalue weighted by molar-refractivity contribution is 7.92. The monoisotopic (exact) mass is 313 g/mol. The van der Waals surface area contributed by atoms with Crippen molar-refractivity contribution < 1.29 is 13.2 Å². The maximum Gasteiger partial charge on any atom is 0.264 e. The van der Waals surface area contributed by atoms with Crippen molar-refractivity contribution in [3.8, 4) is 5.75 Å². The van der Waals surface area contributed by atoms with Gasteiger partial charge in [-0.05, 0) is 42.3 Å². The molecule has 0 aliphatic rings. The average molecular weight is 314 g/mol. The van der Waals surface area contributed by atoms with Gasteiger partial charge in [0.15, 0.2) is 0 Å². The van der Waals surface area contributed by atoms with E-state index in [9.17, 15) is 8.42 Å². The van der Waals surface area contributed by atoms with E-state index in [4.69, 9.17) is 16.3 Å². The molecule has 0 fully saturated rings. The average Bonchev–Trinajstić information content (AvgIpc) is 2.41. The minimum absolute atomic E-state index is 0.00965. The fourth-order valence-electron chi connectivity index (χ4n) is 1.52. The molecule has 0 saturated heterocycles. The number of aryl methyl sites for hydroxylation is 1. The Morgan fingerprint density at radius 1 is 1.25 bits per heavy atom. The van der Waals surface area contributed by atoms with Gasteiger partial charge in [-0.25, -0.2) is 18.4 Å². The van der Waals surface area contributed by atoms with Crippen molar-refractivity contribution in [2.45, 2.75) is 11.8 Å². The van der Waals surface area contributed by atoms with Gasteiger partial charge in [-0.3, -0.25) is 4.72 Å². The zero-order chi connectivity index (χ0) is 14.8. The lowest BCUT2D eigenvalue weighted by molar-refractivity contribution is 0.414. The van der Waals surface area contributed by atoms with Crippen molar-refractivity contribution >= 4 is 27.3 Å². The lowest BCUT2D eigenvalue weighted by Crippen LogP contribution is -2.14. The fourth-order valence-corrected chi connectivity index (χ4v) is 2.64. The third-order valence-electron chi connectivity index (χ3n) is 2.58. The first-order valence-electron chi connectivity index (χ1n) is 5.57. The maximum atomic E-state index is 12.2. The van der Waals surface area contributed by atoms with E-state index < -0.39 is 10.0 Å². The molecule has 8 heteroatoms. The van der Waals surface area contributed by atoms with Crippen molar-refractivity contribution in [3.63, 3.8) is 0 Å². The van der Waals surface area contributed by atoms with E-state index in [1.807, 2.05) is 0 Å². The first-order chi connectivity index (χ1) is 9.42. The van der Waals surface area contributed by atoms with Gasteiger partial charge in [0.2, 0.25) is 5.28 Å². The van der Waals surface area contributed by atoms with E-state index in [0.717, 1.165) is 18.0 Å². The molecule has 6 nitrogen and oxygen atoms in total. The topological polar surface area (TPSA) is 81.2 Å². The van der Waals surface area contributed by atoms with E-state index in [0.29, 0.717) is 11.4 Å². The molecule has 1 N–H and O–H groups in total. The standard InChI is InChI=1S/C12H12ClN3O3S/c1-8-5-9(19-2)3-4-11(8)16-20(17,18)10-6-14-12(13)15-7-10/h3-7,16H,1-2H3. The molecule has 0 unspecified atom stereocenters. The normalized spacial score (nSPS) is 11.2. The van der Waals surface area contributed by atoms with E-state index >= 15 is 0 Å². The highest BCUT2D eigenvalue weighted by Crippen LogP contribution is 2.23. The van der Waals surface area contributed by atoms with Crippen LogP contribution in [0.15, 0.2) is 35.5 Å². The molecule has 0 amide bonds. The fraction of sp³-hybridized carbons (Fsp3) is 0.167. The minimum atomic E-state index is -3.75. The maximum absolute atomic E-state index is 12.2. The van der Waals surface area contributed by atoms with Gasteiger partial charge in [-0.15, -0.1) is 0 Å². The molecule has 106 valence electrons. The van der Waals surface area contributed by atoms with Crippen LogP contribution in [0.2, 0.25) is 5.28 Å². The van der Waals surface area contributed by atoms with Gasteiger partial charge in [0.1, 0.15) is 10.6 Å². The quantitative estimate of drug-likeness (QED) is 0.876. The molecule has 0 spiro atoms. The predicted molar refractivity (Wildman–Crippen MR) is 75.6 cm³/mol. The van der Waals surface area contributed by atoms with Crippen molar-refractivity contribution in [1.29, 1.82) is 0 Å². The summed E-state index contributed by atoms with van der Waals surface area (Å²) in [4.78, 5) is 7.25. The van der Waals surface area contributed by atoms with Crippen LogP contribution >= 0.6 is 11.6 Å². The van der Waals surface area contributed by atoms with E-state index in [2.05, 4.69) is 14.7 Å². The number of benzene rings is 1. The Labute approximate surface area is 121 Å². The highest BCUT2D eigenvalue weighted by atomic mass is 35.5. The molecule has 0 radical (unpaired) electrons. The van der Waals surface area contributed by atoms with Crippen molar-refractivity contribution in [2.24, 2.45) is 0 Å². The largest absolute Gasteiger partial charge is 0.497 e. The molecule has 2 aromatic rings. The summed E-state index contributed by atoms with van der Waals surface area (Å²) in [5, 5.41) is -0.00965. The van der Waals surface area contributed by atoms with E-state index in [-0.39, 0.29) is 10.2 Å². The van der Waals surface area contributed by atoms with Gasteiger partial charge >= 0.3 is 0 Å². The molecule has 0 aliphatic carbocycles. The summed E-state index contributed by atoms with van der Waals surface area (Å²) in [6.45, 7) is 1.78. The second-order valence-corrected chi connectivity index (χ2v) is 5.99. The van der Waals surface area contributed by atoms with E-state index in [1.165, 1.54) is 0 Å². The Hall–Kier alpha value is -1.86. The number of aromatic nitrogens is 2. The molecule has 20 heavy (non-hydrogen) atoms. The SMILES string of the molecule is COc1ccc(NS(=O)(=O)c2cnc(Cl)nc2)c(C)c1. The number of anilines is 1. The lowest BCUT2D eigenvalue weighted by Gasteiger charge is -2.11. The molecular formula is C12H12ClN3O3S. The van der Waals surface area contributed by atoms with Crippen LogP contribution in [0.4, 0.5) is 5.69 Å². The Morgan fingerprint density at radius 2 is 1.90 bits per heavy atom. The molecule has 2 rings (SSSR count). The minimum Gasteiger partial charge on any atom is -0.497 e. The third-order valence-corrected chi connectivity index (χ3v) is 4.10. The van der Waals surface area contributed by atoms with Gasteiger partial charge < -0.3 is 4.74 Å². The Kier molecular flexibility index (Phi) is 4.10. The van der Waals surface area contributed by atoms with Gasteiger partial charge in [0, 0.05) is 0 Å². The second-order valence-electron chi connectivity index (χ2n) is 3.97. The molecular weight excluding hydrogens is 302 g/mol. The summed E-state index contributed by atoms with van der Waals surface area (Å²) >= 11 is 5.53. The van der Waals surface area contributed by atoms with Crippen LogP contribution in [0.5, 0.6) is 5.75 Å². The predicted octanol–water partition coefficient (Wildman–Crippen LogP) is 2.25. The van der Waals surface area contributed by atoms with Gasteiger partial charge in [0.05, 0.1) is 25.2 Å². The van der Waals surface area contributed by atoms with Crippen LogP contribution in [-0.2, 0) is 10.0 Å². The Balaban J connectivity index is 2.31. The van der Waals surface area contributed by atoms with Crippen molar-refractivity contribution in [2.75, 3.05) is 11.8 Å². The van der Waals surface area contributed by atoms with E-state index in [1.54, 1.807) is 32.2 Å². The highest BCUT2D eigenvalue weighted by Gasteiger charge is 2.16. The first-order valence-corrected chi connectivity index (χ1v) is 7.43. The summed E-state index contributed by atoms with van der Waals surface area (Å²) in [7, 11) is -2.20. The Bertz CT molecular complexity index is 717. The number of nitrogens with zero attached hydrogens (tertiary/aromatic N) is 2. The van der Waals surface area contributed by atoms with Crippen LogP contribution < -0.4 is 9.46 Å². The molecule has 0 saturated carbocycles. The number of ether oxygens (including phenoxy) is 1. The zero-order valence-corrected chi connectivity index (χ0v) is 12.4. The summed E-state index contributed by atoms with van der Waals surface area (Å²) in [5.41, 5.74) is 1.20. The summed E-state index contributed by atoms with van der Waals surface area (Å²) < 4.78 is 31.8. The number of nitrogens with one attached hydrogen (secondary N) is 1. The van der Waals surface area contributed by atoms with Crippen LogP contribution in [0.1, 0.15) is 5.56 Å². The number of hydrogen-bond donors (Lipinski definition) is 1. The smallest absolute Gasteiger partial charge is 0.264 e. The molecule has 1 aromatic heterocycles. The summed E-state index contributed by atoms with van der Waals surface area (Å²) in [6, 6.07) is 5.03. The first kappa shape index (κ1) is 14.5. The number of hydrogen-bond acceptors (Lipinski definition) is 5. The lowest BCUT2D eigenvalue weighted by atomic mass is 10.2. The van der Waals surface area contributed by atoms with Crippen LogP contribution in [0, 0.1) is 6.92 Å². The van der Waals surface area contributed by atoms with Gasteiger partial charge in [-0.1, -0.05) is 0 Å². The van der Waals surface area contributed by atoms with Crippen LogP contribution in [0.25, 0.3) is 0 Å². The van der Waals surface area contributed by atoms with Crippen LogP contribution in [0.3, 0.4) is 0 Å².